The second-order valence-electron chi connectivity index (χ2n) is 4.09. The predicted molar refractivity (Wildman–Crippen MR) is 72.9 cm³/mol. The van der Waals surface area contributed by atoms with Gasteiger partial charge >= 0.3 is 0 Å². The molecule has 18 heavy (non-hydrogen) atoms. The molecule has 92 valence electrons. The molecule has 0 aliphatic carbocycles. The Labute approximate surface area is 113 Å². The van der Waals surface area contributed by atoms with Crippen molar-refractivity contribution in [1.82, 2.24) is 4.98 Å². The number of carbonyl (C=O) groups excluding carboxylic acids is 1. The van der Waals surface area contributed by atoms with Gasteiger partial charge in [-0.1, -0.05) is 17.7 Å². The van der Waals surface area contributed by atoms with Crippen molar-refractivity contribution in [2.24, 2.45) is 0 Å². The van der Waals surface area contributed by atoms with E-state index in [1.807, 2.05) is 18.2 Å². The van der Waals surface area contributed by atoms with Gasteiger partial charge in [-0.15, -0.1) is 11.3 Å². The second-order valence-corrected chi connectivity index (χ2v) is 5.68. The highest BCUT2D eigenvalue weighted by Gasteiger charge is 2.27. The number of hydrogen-bond donors (Lipinski definition) is 1. The molecule has 1 aliphatic rings. The summed E-state index contributed by atoms with van der Waals surface area (Å²) in [7, 11) is 0. The van der Waals surface area contributed by atoms with Gasteiger partial charge in [0.1, 0.15) is 0 Å². The molecule has 0 radical (unpaired) electrons. The molecule has 6 heteroatoms. The summed E-state index contributed by atoms with van der Waals surface area (Å²) in [5.41, 5.74) is 7.49. The van der Waals surface area contributed by atoms with E-state index in [4.69, 9.17) is 17.3 Å². The summed E-state index contributed by atoms with van der Waals surface area (Å²) in [6.07, 6.45) is 2.14. The Morgan fingerprint density at radius 3 is 3.06 bits per heavy atom. The highest BCUT2D eigenvalue weighted by molar-refractivity contribution is 7.15. The van der Waals surface area contributed by atoms with Crippen LogP contribution in [0.4, 0.5) is 10.8 Å². The van der Waals surface area contributed by atoms with Gasteiger partial charge in [-0.25, -0.2) is 4.98 Å². The lowest BCUT2D eigenvalue weighted by Gasteiger charge is -2.16. The van der Waals surface area contributed by atoms with Crippen LogP contribution in [-0.2, 0) is 17.8 Å². The molecule has 0 unspecified atom stereocenters. The lowest BCUT2D eigenvalue weighted by atomic mass is 10.2. The first-order valence-corrected chi connectivity index (χ1v) is 6.62. The van der Waals surface area contributed by atoms with E-state index in [1.54, 1.807) is 11.1 Å². The molecule has 4 nitrogen and oxygen atoms in total. The average Bonchev–Trinajstić information content (AvgIpc) is 2.86. The van der Waals surface area contributed by atoms with Crippen LogP contribution in [0, 0.1) is 0 Å². The maximum absolute atomic E-state index is 12.0. The largest absolute Gasteiger partial charge is 0.375 e. The quantitative estimate of drug-likeness (QED) is 0.919. The van der Waals surface area contributed by atoms with Crippen molar-refractivity contribution in [3.05, 3.63) is 39.9 Å². The number of amides is 1. The summed E-state index contributed by atoms with van der Waals surface area (Å²) in [5, 5.41) is 1.15. The number of thiazole rings is 1. The van der Waals surface area contributed by atoms with Crippen LogP contribution in [0.25, 0.3) is 0 Å². The van der Waals surface area contributed by atoms with Crippen LogP contribution in [0.5, 0.6) is 0 Å². The van der Waals surface area contributed by atoms with Gasteiger partial charge in [-0.05, 0) is 17.7 Å². The van der Waals surface area contributed by atoms with Gasteiger partial charge in [-0.2, -0.15) is 0 Å². The van der Waals surface area contributed by atoms with E-state index in [9.17, 15) is 4.79 Å². The van der Waals surface area contributed by atoms with Crippen molar-refractivity contribution < 1.29 is 4.79 Å². The summed E-state index contributed by atoms with van der Waals surface area (Å²) >= 11 is 7.37. The number of fused-ring (bicyclic) bond motifs is 1. The van der Waals surface area contributed by atoms with Gasteiger partial charge in [0.2, 0.25) is 5.91 Å². The third-order valence-corrected chi connectivity index (χ3v) is 3.91. The van der Waals surface area contributed by atoms with Crippen molar-refractivity contribution in [3.63, 3.8) is 0 Å². The van der Waals surface area contributed by atoms with Gasteiger partial charge < -0.3 is 10.6 Å². The van der Waals surface area contributed by atoms with Crippen LogP contribution in [0.15, 0.2) is 24.4 Å². The molecule has 1 amide bonds. The summed E-state index contributed by atoms with van der Waals surface area (Å²) in [5.74, 6) is 0.0826. The van der Waals surface area contributed by atoms with Crippen molar-refractivity contribution >= 4 is 39.7 Å². The van der Waals surface area contributed by atoms with Crippen LogP contribution in [-0.4, -0.2) is 10.9 Å². The maximum Gasteiger partial charge on any atom is 0.231 e. The monoisotopic (exact) mass is 279 g/mol. The summed E-state index contributed by atoms with van der Waals surface area (Å²) < 4.78 is 0. The molecule has 0 bridgehead atoms. The number of carbonyl (C=O) groups is 1. The summed E-state index contributed by atoms with van der Waals surface area (Å²) in [4.78, 5) is 18.7. The molecule has 1 aromatic heterocycles. The molecule has 0 saturated heterocycles. The van der Waals surface area contributed by atoms with Crippen LogP contribution in [0.1, 0.15) is 10.4 Å². The van der Waals surface area contributed by atoms with Gasteiger partial charge in [-0.3, -0.25) is 4.79 Å². The molecule has 0 atom stereocenters. The Morgan fingerprint density at radius 1 is 1.50 bits per heavy atom. The minimum absolute atomic E-state index is 0.0826. The van der Waals surface area contributed by atoms with Gasteiger partial charge in [0, 0.05) is 21.8 Å². The molecule has 0 saturated carbocycles. The number of anilines is 2. The highest BCUT2D eigenvalue weighted by atomic mass is 35.5. The number of aromatic nitrogens is 1. The van der Waals surface area contributed by atoms with E-state index < -0.39 is 0 Å². The standard InChI is InChI=1S/C12H10ClN3OS/c13-8-2-1-7-3-11(17)16(10(7)4-8)6-9-5-15-12(14)18-9/h1-2,4-5H,3,6H2,(H2,14,15). The molecule has 2 aromatic rings. The Morgan fingerprint density at radius 2 is 2.33 bits per heavy atom. The number of halogens is 1. The third kappa shape index (κ3) is 1.95. The number of nitrogens with two attached hydrogens (primary N) is 1. The van der Waals surface area contributed by atoms with E-state index in [1.165, 1.54) is 11.3 Å². The van der Waals surface area contributed by atoms with E-state index in [2.05, 4.69) is 4.98 Å². The van der Waals surface area contributed by atoms with Gasteiger partial charge in [0.15, 0.2) is 5.13 Å². The molecule has 3 rings (SSSR count). The number of benzene rings is 1. The zero-order chi connectivity index (χ0) is 12.7. The molecule has 1 aromatic carbocycles. The topological polar surface area (TPSA) is 59.2 Å². The number of rotatable bonds is 2. The second kappa shape index (κ2) is 4.26. The lowest BCUT2D eigenvalue weighted by molar-refractivity contribution is -0.117. The van der Waals surface area contributed by atoms with Crippen molar-refractivity contribution in [3.8, 4) is 0 Å². The minimum Gasteiger partial charge on any atom is -0.375 e. The molecule has 2 heterocycles. The van der Waals surface area contributed by atoms with E-state index in [0.29, 0.717) is 23.1 Å². The molecule has 2 N–H and O–H groups in total. The zero-order valence-electron chi connectivity index (χ0n) is 9.39. The lowest BCUT2D eigenvalue weighted by Crippen LogP contribution is -2.25. The normalized spacial score (nSPS) is 14.1. The van der Waals surface area contributed by atoms with Gasteiger partial charge in [0.05, 0.1) is 13.0 Å². The third-order valence-electron chi connectivity index (χ3n) is 2.87. The van der Waals surface area contributed by atoms with Crippen molar-refractivity contribution in [2.45, 2.75) is 13.0 Å². The molecule has 0 spiro atoms. The van der Waals surface area contributed by atoms with Crippen LogP contribution >= 0.6 is 22.9 Å². The first-order chi connectivity index (χ1) is 8.63. The first kappa shape index (κ1) is 11.5. The van der Waals surface area contributed by atoms with Crippen LogP contribution in [0.3, 0.4) is 0 Å². The summed E-state index contributed by atoms with van der Waals surface area (Å²) in [6, 6.07) is 5.53. The fourth-order valence-corrected chi connectivity index (χ4v) is 2.89. The maximum atomic E-state index is 12.0. The molecule has 0 fully saturated rings. The number of hydrogen-bond acceptors (Lipinski definition) is 4. The Bertz CT molecular complexity index is 626. The van der Waals surface area contributed by atoms with Crippen LogP contribution < -0.4 is 10.6 Å². The van der Waals surface area contributed by atoms with Crippen molar-refractivity contribution in [2.75, 3.05) is 10.6 Å². The van der Waals surface area contributed by atoms with E-state index in [-0.39, 0.29) is 5.91 Å². The van der Waals surface area contributed by atoms with Crippen LogP contribution in [0.2, 0.25) is 5.02 Å². The van der Waals surface area contributed by atoms with Crippen molar-refractivity contribution in [1.29, 1.82) is 0 Å². The zero-order valence-corrected chi connectivity index (χ0v) is 11.0. The average molecular weight is 280 g/mol. The molecular weight excluding hydrogens is 270 g/mol. The SMILES string of the molecule is Nc1ncc(CN2C(=O)Cc3ccc(Cl)cc32)s1. The first-order valence-electron chi connectivity index (χ1n) is 5.42. The Kier molecular flexibility index (Phi) is 2.72. The number of nitrogens with zero attached hydrogens (tertiary/aromatic N) is 2. The molecular formula is C12H10ClN3OS. The van der Waals surface area contributed by atoms with E-state index in [0.717, 1.165) is 16.1 Å². The smallest absolute Gasteiger partial charge is 0.231 e. The summed E-state index contributed by atoms with van der Waals surface area (Å²) in [6.45, 7) is 0.501. The highest BCUT2D eigenvalue weighted by Crippen LogP contribution is 2.33. The fraction of sp³-hybridized carbons (Fsp3) is 0.167. The number of nitrogen functional groups attached to an aromatic ring is 1. The van der Waals surface area contributed by atoms with Gasteiger partial charge in [0.25, 0.3) is 0 Å². The molecule has 1 aliphatic heterocycles. The van der Waals surface area contributed by atoms with E-state index >= 15 is 0 Å². The Hall–Kier alpha value is -1.59. The predicted octanol–water partition coefficient (Wildman–Crippen LogP) is 2.47. The Balaban J connectivity index is 1.93. The fourth-order valence-electron chi connectivity index (χ4n) is 2.06. The minimum atomic E-state index is 0.0826.